The average molecular weight is 448 g/mol. The second kappa shape index (κ2) is 8.43. The molecule has 0 unspecified atom stereocenters. The standard InChI is InChI=1S/C27H33N3OS/c1-17(2)19-11-13-20(14-12-19)25-23-9-7-15-29(23)26-22(16-30(25)27(31)28-18(3)4)21-8-5-6-10-24(21)32-26/h7,9,11-15,17-18,25H,5-6,8,10,16H2,1-4H3,(H,28,31)/t25-/m0/s1. The van der Waals surface area contributed by atoms with Crippen molar-refractivity contribution in [3.63, 3.8) is 0 Å². The number of hydrogen-bond acceptors (Lipinski definition) is 2. The first-order chi connectivity index (χ1) is 15.4. The predicted octanol–water partition coefficient (Wildman–Crippen LogP) is 6.56. The Kier molecular flexibility index (Phi) is 5.62. The Bertz CT molecular complexity index is 1120. The van der Waals surface area contributed by atoms with Crippen LogP contribution in [-0.2, 0) is 19.4 Å². The van der Waals surface area contributed by atoms with Crippen LogP contribution in [0.4, 0.5) is 4.79 Å². The molecule has 0 saturated carbocycles. The molecule has 1 N–H and O–H groups in total. The third-order valence-corrected chi connectivity index (χ3v) is 8.10. The van der Waals surface area contributed by atoms with E-state index in [4.69, 9.17) is 0 Å². The van der Waals surface area contributed by atoms with Gasteiger partial charge in [-0.2, -0.15) is 0 Å². The van der Waals surface area contributed by atoms with Crippen LogP contribution in [0.1, 0.15) is 85.3 Å². The molecule has 1 aromatic carbocycles. The van der Waals surface area contributed by atoms with Gasteiger partial charge in [0.2, 0.25) is 0 Å². The van der Waals surface area contributed by atoms with Gasteiger partial charge in [0.1, 0.15) is 5.00 Å². The minimum absolute atomic E-state index is 0.00861. The lowest BCUT2D eigenvalue weighted by atomic mass is 9.94. The van der Waals surface area contributed by atoms with Crippen molar-refractivity contribution in [3.05, 3.63) is 75.4 Å². The fourth-order valence-corrected chi connectivity index (χ4v) is 6.53. The Morgan fingerprint density at radius 2 is 1.78 bits per heavy atom. The predicted molar refractivity (Wildman–Crippen MR) is 132 cm³/mol. The first-order valence-electron chi connectivity index (χ1n) is 11.9. The van der Waals surface area contributed by atoms with E-state index in [1.54, 1.807) is 0 Å². The molecule has 0 saturated heterocycles. The van der Waals surface area contributed by atoms with Crippen molar-refractivity contribution < 1.29 is 4.79 Å². The van der Waals surface area contributed by atoms with Crippen LogP contribution in [0, 0.1) is 0 Å². The molecule has 32 heavy (non-hydrogen) atoms. The molecule has 3 heterocycles. The van der Waals surface area contributed by atoms with Crippen molar-refractivity contribution in [2.45, 2.75) is 77.9 Å². The number of carbonyl (C=O) groups is 1. The number of thiophene rings is 1. The Balaban J connectivity index is 1.66. The normalized spacial score (nSPS) is 17.7. The highest BCUT2D eigenvalue weighted by Gasteiger charge is 2.36. The summed E-state index contributed by atoms with van der Waals surface area (Å²) in [4.78, 5) is 17.1. The number of hydrogen-bond donors (Lipinski definition) is 1. The van der Waals surface area contributed by atoms with Gasteiger partial charge in [0, 0.05) is 22.7 Å². The summed E-state index contributed by atoms with van der Waals surface area (Å²) in [6, 6.07) is 13.1. The van der Waals surface area contributed by atoms with Crippen molar-refractivity contribution in [2.75, 3.05) is 0 Å². The van der Waals surface area contributed by atoms with Crippen LogP contribution < -0.4 is 5.32 Å². The van der Waals surface area contributed by atoms with E-state index in [9.17, 15) is 4.79 Å². The summed E-state index contributed by atoms with van der Waals surface area (Å²) in [7, 11) is 0. The van der Waals surface area contributed by atoms with Crippen molar-refractivity contribution in [1.82, 2.24) is 14.8 Å². The number of rotatable bonds is 3. The highest BCUT2D eigenvalue weighted by Crippen LogP contribution is 2.44. The quantitative estimate of drug-likeness (QED) is 0.485. The summed E-state index contributed by atoms with van der Waals surface area (Å²) in [6.45, 7) is 9.15. The van der Waals surface area contributed by atoms with Crippen LogP contribution >= 0.6 is 11.3 Å². The number of urea groups is 1. The molecule has 0 fully saturated rings. The summed E-state index contributed by atoms with van der Waals surface area (Å²) in [5.74, 6) is 0.487. The van der Waals surface area contributed by atoms with Gasteiger partial charge < -0.3 is 14.8 Å². The van der Waals surface area contributed by atoms with Gasteiger partial charge in [-0.05, 0) is 74.3 Å². The monoisotopic (exact) mass is 447 g/mol. The fourth-order valence-electron chi connectivity index (χ4n) is 5.13. The number of fused-ring (bicyclic) bond motifs is 5. The second-order valence-corrected chi connectivity index (χ2v) is 10.8. The van der Waals surface area contributed by atoms with Crippen molar-refractivity contribution >= 4 is 17.4 Å². The number of nitrogens with zero attached hydrogens (tertiary/aromatic N) is 2. The van der Waals surface area contributed by atoms with Gasteiger partial charge in [-0.3, -0.25) is 0 Å². The van der Waals surface area contributed by atoms with Gasteiger partial charge in [-0.1, -0.05) is 38.1 Å². The number of amides is 2. The molecule has 2 amide bonds. The molecular weight excluding hydrogens is 414 g/mol. The number of nitrogens with one attached hydrogen (secondary N) is 1. The number of aromatic nitrogens is 1. The second-order valence-electron chi connectivity index (χ2n) is 9.75. The SMILES string of the molecule is CC(C)NC(=O)N1Cc2c(sc3c2CCCC3)-n2cccc2[C@@H]1c1ccc(C(C)C)cc1. The molecule has 0 bridgehead atoms. The topological polar surface area (TPSA) is 37.3 Å². The lowest BCUT2D eigenvalue weighted by Gasteiger charge is -2.32. The molecule has 2 aromatic heterocycles. The van der Waals surface area contributed by atoms with E-state index in [0.29, 0.717) is 12.5 Å². The highest BCUT2D eigenvalue weighted by atomic mass is 32.1. The zero-order chi connectivity index (χ0) is 22.4. The maximum Gasteiger partial charge on any atom is 0.318 e. The van der Waals surface area contributed by atoms with Gasteiger partial charge in [-0.25, -0.2) is 4.79 Å². The Labute approximate surface area is 195 Å². The minimum atomic E-state index is -0.121. The van der Waals surface area contributed by atoms with E-state index in [1.807, 2.05) is 25.2 Å². The summed E-state index contributed by atoms with van der Waals surface area (Å²) in [5, 5.41) is 4.48. The summed E-state index contributed by atoms with van der Waals surface area (Å²) in [5.41, 5.74) is 6.50. The van der Waals surface area contributed by atoms with Gasteiger partial charge in [0.15, 0.2) is 0 Å². The molecular formula is C27H33N3OS. The van der Waals surface area contributed by atoms with Crippen molar-refractivity contribution in [3.8, 4) is 5.00 Å². The number of benzene rings is 1. The van der Waals surface area contributed by atoms with Crippen LogP contribution in [0.15, 0.2) is 42.6 Å². The van der Waals surface area contributed by atoms with Crippen LogP contribution in [0.2, 0.25) is 0 Å². The molecule has 1 atom stereocenters. The van der Waals surface area contributed by atoms with Gasteiger partial charge >= 0.3 is 6.03 Å². The number of aryl methyl sites for hydroxylation is 1. The zero-order valence-corrected chi connectivity index (χ0v) is 20.3. The first kappa shape index (κ1) is 21.3. The Hall–Kier alpha value is -2.53. The number of carbonyl (C=O) groups excluding carboxylic acids is 1. The van der Waals surface area contributed by atoms with Crippen LogP contribution in [0.3, 0.4) is 0 Å². The van der Waals surface area contributed by atoms with Gasteiger partial charge in [-0.15, -0.1) is 11.3 Å². The minimum Gasteiger partial charge on any atom is -0.336 e. The van der Waals surface area contributed by atoms with Gasteiger partial charge in [0.05, 0.1) is 18.3 Å². The zero-order valence-electron chi connectivity index (χ0n) is 19.5. The molecule has 4 nitrogen and oxygen atoms in total. The summed E-state index contributed by atoms with van der Waals surface area (Å²) in [6.07, 6.45) is 6.99. The smallest absolute Gasteiger partial charge is 0.318 e. The molecule has 0 radical (unpaired) electrons. The van der Waals surface area contributed by atoms with Crippen LogP contribution in [0.5, 0.6) is 0 Å². The lowest BCUT2D eigenvalue weighted by molar-refractivity contribution is 0.178. The maximum atomic E-state index is 13.6. The van der Waals surface area contributed by atoms with E-state index >= 15 is 0 Å². The lowest BCUT2D eigenvalue weighted by Crippen LogP contribution is -2.44. The summed E-state index contributed by atoms with van der Waals surface area (Å²) < 4.78 is 2.35. The Morgan fingerprint density at radius 3 is 2.50 bits per heavy atom. The molecule has 1 aliphatic heterocycles. The molecule has 1 aliphatic carbocycles. The molecule has 5 rings (SSSR count). The molecule has 0 spiro atoms. The first-order valence-corrected chi connectivity index (χ1v) is 12.7. The van der Waals surface area contributed by atoms with Crippen molar-refractivity contribution in [2.24, 2.45) is 0 Å². The van der Waals surface area contributed by atoms with E-state index < -0.39 is 0 Å². The molecule has 3 aromatic rings. The van der Waals surface area contributed by atoms with E-state index in [0.717, 1.165) is 12.0 Å². The molecule has 5 heteroatoms. The van der Waals surface area contributed by atoms with Crippen molar-refractivity contribution in [1.29, 1.82) is 0 Å². The third kappa shape index (κ3) is 3.66. The van der Waals surface area contributed by atoms with Crippen LogP contribution in [-0.4, -0.2) is 21.5 Å². The average Bonchev–Trinajstić information content (AvgIpc) is 3.35. The Morgan fingerprint density at radius 1 is 1.03 bits per heavy atom. The van der Waals surface area contributed by atoms with Crippen LogP contribution in [0.25, 0.3) is 5.00 Å². The maximum absolute atomic E-state index is 13.6. The largest absolute Gasteiger partial charge is 0.336 e. The molecule has 168 valence electrons. The highest BCUT2D eigenvalue weighted by molar-refractivity contribution is 7.15. The van der Waals surface area contributed by atoms with E-state index in [1.165, 1.54) is 51.5 Å². The van der Waals surface area contributed by atoms with Gasteiger partial charge in [0.25, 0.3) is 0 Å². The molecule has 2 aliphatic rings. The fraction of sp³-hybridized carbons (Fsp3) is 0.444. The van der Waals surface area contributed by atoms with E-state index in [-0.39, 0.29) is 18.1 Å². The van der Waals surface area contributed by atoms with E-state index in [2.05, 4.69) is 71.2 Å². The third-order valence-electron chi connectivity index (χ3n) is 6.77. The summed E-state index contributed by atoms with van der Waals surface area (Å²) >= 11 is 1.93.